The molecule has 150 valence electrons. The summed E-state index contributed by atoms with van der Waals surface area (Å²) < 4.78 is 0. The second kappa shape index (κ2) is 7.32. The van der Waals surface area contributed by atoms with E-state index in [-0.39, 0.29) is 17.1 Å². The monoisotopic (exact) mass is 391 g/mol. The van der Waals surface area contributed by atoms with Crippen LogP contribution in [0.2, 0.25) is 0 Å². The fourth-order valence-corrected chi connectivity index (χ4v) is 4.13. The molecule has 0 atom stereocenters. The predicted molar refractivity (Wildman–Crippen MR) is 112 cm³/mol. The number of hydrogen-bond donors (Lipinski definition) is 2. The number of Topliss-reactive ketones (excluding diaryl/α,β-unsaturated/α-hetero) is 1. The summed E-state index contributed by atoms with van der Waals surface area (Å²) in [4.78, 5) is 37.2. The van der Waals surface area contributed by atoms with Gasteiger partial charge in [0, 0.05) is 34.4 Å². The van der Waals surface area contributed by atoms with Crippen LogP contribution in [0.3, 0.4) is 0 Å². The van der Waals surface area contributed by atoms with Gasteiger partial charge in [0.2, 0.25) is 11.6 Å². The minimum absolute atomic E-state index is 0.0159. The van der Waals surface area contributed by atoms with Crippen molar-refractivity contribution >= 4 is 23.1 Å². The summed E-state index contributed by atoms with van der Waals surface area (Å²) in [7, 11) is 0. The standard InChI is InChI=1S/C24H25NO4/c1-15-12-24(13-16(2)22(15)29)14-23(3,4)25-21(24)11-20(28)19(27)10-18(26)17-8-6-5-7-9-17/h5-13,25-26H,14H2,1-4H3/b18-10-,21-11-. The third kappa shape index (κ3) is 4.14. The molecule has 1 aromatic rings. The molecular weight excluding hydrogens is 366 g/mol. The Morgan fingerprint density at radius 2 is 1.62 bits per heavy atom. The summed E-state index contributed by atoms with van der Waals surface area (Å²) in [5, 5.41) is 13.4. The number of allylic oxidation sites excluding steroid dienone is 5. The molecule has 0 unspecified atom stereocenters. The van der Waals surface area contributed by atoms with Crippen molar-refractivity contribution in [3.8, 4) is 0 Å². The minimum atomic E-state index is -0.811. The highest BCUT2D eigenvalue weighted by atomic mass is 16.3. The first-order valence-corrected chi connectivity index (χ1v) is 9.51. The summed E-state index contributed by atoms with van der Waals surface area (Å²) >= 11 is 0. The van der Waals surface area contributed by atoms with Gasteiger partial charge >= 0.3 is 0 Å². The van der Waals surface area contributed by atoms with Crippen molar-refractivity contribution in [1.82, 2.24) is 5.32 Å². The Morgan fingerprint density at radius 3 is 2.21 bits per heavy atom. The number of aliphatic hydroxyl groups excluding tert-OH is 1. The van der Waals surface area contributed by atoms with E-state index in [9.17, 15) is 19.5 Å². The molecule has 1 aliphatic carbocycles. The van der Waals surface area contributed by atoms with Gasteiger partial charge in [-0.05, 0) is 45.3 Å². The van der Waals surface area contributed by atoms with E-state index in [1.807, 2.05) is 26.0 Å². The van der Waals surface area contributed by atoms with Gasteiger partial charge < -0.3 is 10.4 Å². The van der Waals surface area contributed by atoms with Gasteiger partial charge in [-0.2, -0.15) is 0 Å². The topological polar surface area (TPSA) is 83.5 Å². The molecule has 2 N–H and O–H groups in total. The van der Waals surface area contributed by atoms with E-state index < -0.39 is 17.0 Å². The third-order valence-electron chi connectivity index (χ3n) is 5.23. The molecule has 0 amide bonds. The molecule has 29 heavy (non-hydrogen) atoms. The van der Waals surface area contributed by atoms with E-state index in [0.717, 1.165) is 6.08 Å². The summed E-state index contributed by atoms with van der Waals surface area (Å²) in [6, 6.07) is 8.56. The second-order valence-corrected chi connectivity index (χ2v) is 8.39. The highest BCUT2D eigenvalue weighted by Gasteiger charge is 2.46. The van der Waals surface area contributed by atoms with Crippen molar-refractivity contribution in [2.24, 2.45) is 5.41 Å². The molecule has 1 saturated heterocycles. The van der Waals surface area contributed by atoms with Crippen LogP contribution in [0.4, 0.5) is 0 Å². The number of nitrogens with one attached hydrogen (secondary N) is 1. The zero-order valence-electron chi connectivity index (χ0n) is 17.1. The van der Waals surface area contributed by atoms with Crippen LogP contribution in [0.5, 0.6) is 0 Å². The van der Waals surface area contributed by atoms with Crippen molar-refractivity contribution in [1.29, 1.82) is 0 Å². The fraction of sp³-hybridized carbons (Fsp3) is 0.292. The zero-order valence-corrected chi connectivity index (χ0v) is 17.1. The van der Waals surface area contributed by atoms with Crippen LogP contribution in [0.1, 0.15) is 39.7 Å². The molecule has 1 fully saturated rings. The maximum Gasteiger partial charge on any atom is 0.229 e. The normalized spacial score (nSPS) is 21.6. The molecule has 5 nitrogen and oxygen atoms in total. The zero-order chi connectivity index (χ0) is 21.4. The van der Waals surface area contributed by atoms with Crippen molar-refractivity contribution in [3.05, 3.63) is 77.0 Å². The molecule has 0 aromatic heterocycles. The number of aliphatic hydroxyl groups is 1. The summed E-state index contributed by atoms with van der Waals surface area (Å²) in [5.41, 5.74) is 1.34. The minimum Gasteiger partial charge on any atom is -0.507 e. The largest absolute Gasteiger partial charge is 0.507 e. The summed E-state index contributed by atoms with van der Waals surface area (Å²) in [5.74, 6) is -1.82. The molecular formula is C24H25NO4. The smallest absolute Gasteiger partial charge is 0.229 e. The average molecular weight is 391 g/mol. The highest BCUT2D eigenvalue weighted by molar-refractivity contribution is 6.46. The lowest BCUT2D eigenvalue weighted by Gasteiger charge is -2.28. The van der Waals surface area contributed by atoms with Crippen LogP contribution in [-0.4, -0.2) is 28.0 Å². The van der Waals surface area contributed by atoms with E-state index in [1.54, 1.807) is 44.2 Å². The quantitative estimate of drug-likeness (QED) is 0.463. The molecule has 3 rings (SSSR count). The second-order valence-electron chi connectivity index (χ2n) is 8.39. The maximum absolute atomic E-state index is 12.6. The van der Waals surface area contributed by atoms with E-state index >= 15 is 0 Å². The van der Waals surface area contributed by atoms with Gasteiger partial charge in [0.1, 0.15) is 5.76 Å². The Hall–Kier alpha value is -3.21. The van der Waals surface area contributed by atoms with Gasteiger partial charge in [-0.3, -0.25) is 14.4 Å². The van der Waals surface area contributed by atoms with Crippen LogP contribution in [0, 0.1) is 5.41 Å². The van der Waals surface area contributed by atoms with Crippen LogP contribution in [-0.2, 0) is 14.4 Å². The van der Waals surface area contributed by atoms with Gasteiger partial charge in [-0.15, -0.1) is 0 Å². The summed E-state index contributed by atoms with van der Waals surface area (Å²) in [6.07, 6.45) is 6.61. The summed E-state index contributed by atoms with van der Waals surface area (Å²) in [6.45, 7) is 7.53. The van der Waals surface area contributed by atoms with Crippen LogP contribution in [0.15, 0.2) is 71.5 Å². The molecule has 1 spiro atoms. The van der Waals surface area contributed by atoms with Gasteiger partial charge in [-0.25, -0.2) is 0 Å². The van der Waals surface area contributed by atoms with E-state index in [0.29, 0.717) is 28.8 Å². The lowest BCUT2D eigenvalue weighted by molar-refractivity contribution is -0.131. The first kappa shape index (κ1) is 20.5. The maximum atomic E-state index is 12.6. The first-order chi connectivity index (χ1) is 13.5. The number of benzene rings is 1. The predicted octanol–water partition coefficient (Wildman–Crippen LogP) is 3.84. The van der Waals surface area contributed by atoms with Crippen LogP contribution < -0.4 is 5.32 Å². The Labute approximate surface area is 170 Å². The fourth-order valence-electron chi connectivity index (χ4n) is 4.13. The molecule has 5 heteroatoms. The number of carbonyl (C=O) groups is 3. The van der Waals surface area contributed by atoms with E-state index in [2.05, 4.69) is 5.32 Å². The molecule has 1 aromatic carbocycles. The lowest BCUT2D eigenvalue weighted by atomic mass is 9.73. The number of hydrogen-bond acceptors (Lipinski definition) is 5. The van der Waals surface area contributed by atoms with Gasteiger partial charge in [-0.1, -0.05) is 42.5 Å². The Morgan fingerprint density at radius 1 is 1.03 bits per heavy atom. The Balaban J connectivity index is 1.94. The molecule has 0 bridgehead atoms. The van der Waals surface area contributed by atoms with E-state index in [4.69, 9.17) is 0 Å². The van der Waals surface area contributed by atoms with Gasteiger partial charge in [0.15, 0.2) is 5.78 Å². The van der Waals surface area contributed by atoms with Crippen molar-refractivity contribution in [2.75, 3.05) is 0 Å². The molecule has 2 aliphatic rings. The number of rotatable bonds is 4. The highest BCUT2D eigenvalue weighted by Crippen LogP contribution is 2.48. The molecule has 1 heterocycles. The van der Waals surface area contributed by atoms with Crippen LogP contribution >= 0.6 is 0 Å². The molecule has 0 radical (unpaired) electrons. The van der Waals surface area contributed by atoms with Crippen molar-refractivity contribution < 1.29 is 19.5 Å². The third-order valence-corrected chi connectivity index (χ3v) is 5.23. The van der Waals surface area contributed by atoms with E-state index in [1.165, 1.54) is 6.08 Å². The van der Waals surface area contributed by atoms with Crippen molar-refractivity contribution in [3.63, 3.8) is 0 Å². The first-order valence-electron chi connectivity index (χ1n) is 9.51. The number of ketones is 3. The molecule has 0 saturated carbocycles. The Bertz CT molecular complexity index is 985. The van der Waals surface area contributed by atoms with Crippen molar-refractivity contribution in [2.45, 2.75) is 39.7 Å². The van der Waals surface area contributed by atoms with Crippen LogP contribution in [0.25, 0.3) is 5.76 Å². The Kier molecular flexibility index (Phi) is 5.18. The average Bonchev–Trinajstić information content (AvgIpc) is 2.89. The van der Waals surface area contributed by atoms with Gasteiger partial charge in [0.05, 0.1) is 0 Å². The SMILES string of the molecule is CC1=CC2(C=C(C)C1=O)CC(C)(C)N/C2=C\C(=O)C(=O)/C=C(\O)c1ccccc1. The number of carbonyl (C=O) groups excluding carboxylic acids is 3. The molecule has 1 aliphatic heterocycles. The van der Waals surface area contributed by atoms with Gasteiger partial charge in [0.25, 0.3) is 0 Å². The lowest BCUT2D eigenvalue weighted by Crippen LogP contribution is -2.31.